The van der Waals surface area contributed by atoms with Crippen LogP contribution in [0.1, 0.15) is 39.3 Å². The first-order valence-electron chi connectivity index (χ1n) is 6.87. The van der Waals surface area contributed by atoms with Gasteiger partial charge in [-0.2, -0.15) is 0 Å². The molecule has 1 aromatic rings. The van der Waals surface area contributed by atoms with E-state index < -0.39 is 23.2 Å². The van der Waals surface area contributed by atoms with E-state index in [0.29, 0.717) is 0 Å². The zero-order valence-corrected chi connectivity index (χ0v) is 13.0. The minimum Gasteiger partial charge on any atom is -0.467 e. The number of methoxy groups -OCH3 is 1. The van der Waals surface area contributed by atoms with Gasteiger partial charge in [-0.3, -0.25) is 4.90 Å². The van der Waals surface area contributed by atoms with Gasteiger partial charge < -0.3 is 9.47 Å². The van der Waals surface area contributed by atoms with Crippen molar-refractivity contribution in [3.05, 3.63) is 35.9 Å². The molecular formula is C16H21NO4. The number of amides is 1. The molecule has 1 aliphatic heterocycles. The summed E-state index contributed by atoms with van der Waals surface area (Å²) in [6.45, 7) is 7.07. The fourth-order valence-corrected chi connectivity index (χ4v) is 2.52. The zero-order chi connectivity index (χ0) is 15.8. The van der Waals surface area contributed by atoms with Crippen molar-refractivity contribution in [3.63, 3.8) is 0 Å². The highest BCUT2D eigenvalue weighted by molar-refractivity contribution is 5.93. The first-order valence-corrected chi connectivity index (χ1v) is 6.87. The van der Waals surface area contributed by atoms with Crippen molar-refractivity contribution in [2.24, 2.45) is 0 Å². The highest BCUT2D eigenvalue weighted by Gasteiger charge is 2.69. The molecule has 1 aromatic carbocycles. The van der Waals surface area contributed by atoms with E-state index in [0.717, 1.165) is 5.56 Å². The van der Waals surface area contributed by atoms with Gasteiger partial charge in [-0.05, 0) is 33.3 Å². The Morgan fingerprint density at radius 2 is 1.76 bits per heavy atom. The topological polar surface area (TPSA) is 55.6 Å². The average Bonchev–Trinajstić information content (AvgIpc) is 3.05. The van der Waals surface area contributed by atoms with Crippen LogP contribution >= 0.6 is 0 Å². The van der Waals surface area contributed by atoms with Gasteiger partial charge in [-0.15, -0.1) is 0 Å². The molecule has 2 rings (SSSR count). The number of benzene rings is 1. The second kappa shape index (κ2) is 5.06. The Kier molecular flexibility index (Phi) is 3.70. The second-order valence-electron chi connectivity index (χ2n) is 6.30. The molecule has 1 aliphatic rings. The molecule has 1 saturated heterocycles. The van der Waals surface area contributed by atoms with Gasteiger partial charge in [0.05, 0.1) is 13.2 Å². The number of ether oxygens (including phenoxy) is 2. The van der Waals surface area contributed by atoms with Crippen molar-refractivity contribution >= 4 is 12.1 Å². The minimum atomic E-state index is -1.02. The number of hydrogen-bond acceptors (Lipinski definition) is 4. The molecule has 0 N–H and O–H groups in total. The van der Waals surface area contributed by atoms with E-state index in [1.807, 2.05) is 30.3 Å². The van der Waals surface area contributed by atoms with E-state index in [2.05, 4.69) is 0 Å². The van der Waals surface area contributed by atoms with Crippen LogP contribution in [0.5, 0.6) is 0 Å². The Bertz CT molecular complexity index is 549. The van der Waals surface area contributed by atoms with E-state index in [-0.39, 0.29) is 6.04 Å². The molecular weight excluding hydrogens is 270 g/mol. The van der Waals surface area contributed by atoms with Crippen LogP contribution in [0, 0.1) is 0 Å². The lowest BCUT2D eigenvalue weighted by Crippen LogP contribution is -2.34. The van der Waals surface area contributed by atoms with Crippen LogP contribution in [0.4, 0.5) is 4.79 Å². The second-order valence-corrected chi connectivity index (χ2v) is 6.30. The van der Waals surface area contributed by atoms with Gasteiger partial charge in [-0.25, -0.2) is 9.59 Å². The van der Waals surface area contributed by atoms with E-state index in [1.165, 1.54) is 12.0 Å². The van der Waals surface area contributed by atoms with Crippen molar-refractivity contribution < 1.29 is 19.1 Å². The largest absolute Gasteiger partial charge is 0.467 e. The van der Waals surface area contributed by atoms with Gasteiger partial charge in [0.2, 0.25) is 0 Å². The van der Waals surface area contributed by atoms with Crippen molar-refractivity contribution in [1.29, 1.82) is 0 Å². The Balaban J connectivity index is 2.30. The molecule has 1 fully saturated rings. The minimum absolute atomic E-state index is 0.360. The summed E-state index contributed by atoms with van der Waals surface area (Å²) in [6.07, 6.45) is -0.510. The molecule has 0 aliphatic carbocycles. The van der Waals surface area contributed by atoms with Crippen LogP contribution < -0.4 is 0 Å². The molecule has 2 atom stereocenters. The van der Waals surface area contributed by atoms with Gasteiger partial charge in [0.25, 0.3) is 0 Å². The quantitative estimate of drug-likeness (QED) is 0.621. The van der Waals surface area contributed by atoms with Crippen molar-refractivity contribution in [1.82, 2.24) is 4.90 Å². The molecule has 5 heteroatoms. The standard InChI is InChI=1S/C16H21NO4/c1-15(2,3)21-14(19)17-12(11-9-7-6-8-10-11)16(17,4)13(18)20-5/h6-10,12H,1-5H3/t12-,16+,17?/m1/s1. The number of carbonyl (C=O) groups is 2. The van der Waals surface area contributed by atoms with Crippen LogP contribution in [0.3, 0.4) is 0 Å². The van der Waals surface area contributed by atoms with Gasteiger partial charge in [0, 0.05) is 0 Å². The first kappa shape index (κ1) is 15.4. The fourth-order valence-electron chi connectivity index (χ4n) is 2.52. The normalized spacial score (nSPS) is 24.4. The van der Waals surface area contributed by atoms with Crippen molar-refractivity contribution in [3.8, 4) is 0 Å². The Labute approximate surface area is 124 Å². The van der Waals surface area contributed by atoms with Gasteiger partial charge in [-0.1, -0.05) is 30.3 Å². The summed E-state index contributed by atoms with van der Waals surface area (Å²) in [7, 11) is 1.32. The lowest BCUT2D eigenvalue weighted by Gasteiger charge is -2.20. The van der Waals surface area contributed by atoms with Crippen molar-refractivity contribution in [2.75, 3.05) is 7.11 Å². The summed E-state index contributed by atoms with van der Waals surface area (Å²) in [5, 5.41) is 0. The molecule has 0 saturated carbocycles. The predicted octanol–water partition coefficient (Wildman–Crippen LogP) is 2.91. The van der Waals surface area contributed by atoms with Gasteiger partial charge >= 0.3 is 12.1 Å². The molecule has 0 bridgehead atoms. The molecule has 5 nitrogen and oxygen atoms in total. The summed E-state index contributed by atoms with van der Waals surface area (Å²) >= 11 is 0. The zero-order valence-electron chi connectivity index (χ0n) is 13.0. The van der Waals surface area contributed by atoms with Gasteiger partial charge in [0.1, 0.15) is 5.60 Å². The number of carbonyl (C=O) groups excluding carboxylic acids is 2. The summed E-state index contributed by atoms with van der Waals surface area (Å²) in [4.78, 5) is 25.9. The Hall–Kier alpha value is -2.04. The molecule has 0 unspecified atom stereocenters. The molecule has 21 heavy (non-hydrogen) atoms. The highest BCUT2D eigenvalue weighted by atomic mass is 16.6. The van der Waals surface area contributed by atoms with Crippen LogP contribution in [-0.4, -0.2) is 35.2 Å². The van der Waals surface area contributed by atoms with E-state index in [1.54, 1.807) is 27.7 Å². The molecule has 1 heterocycles. The van der Waals surface area contributed by atoms with Crippen molar-refractivity contribution in [2.45, 2.75) is 44.9 Å². The molecule has 0 spiro atoms. The third-order valence-corrected chi connectivity index (χ3v) is 3.53. The third-order valence-electron chi connectivity index (χ3n) is 3.53. The van der Waals surface area contributed by atoms with Gasteiger partial charge in [0.15, 0.2) is 5.54 Å². The highest BCUT2D eigenvalue weighted by Crippen LogP contribution is 2.54. The van der Waals surface area contributed by atoms with E-state index in [9.17, 15) is 9.59 Å². The number of rotatable bonds is 2. The Morgan fingerprint density at radius 3 is 2.24 bits per heavy atom. The predicted molar refractivity (Wildman–Crippen MR) is 77.7 cm³/mol. The Morgan fingerprint density at radius 1 is 1.19 bits per heavy atom. The maximum atomic E-state index is 12.3. The monoisotopic (exact) mass is 291 g/mol. The maximum Gasteiger partial charge on any atom is 0.411 e. The maximum absolute atomic E-state index is 12.3. The summed E-state index contributed by atoms with van der Waals surface area (Å²) in [6, 6.07) is 9.05. The average molecular weight is 291 g/mol. The molecule has 0 aromatic heterocycles. The lowest BCUT2D eigenvalue weighted by atomic mass is 10.0. The number of esters is 1. The van der Waals surface area contributed by atoms with Crippen LogP contribution in [0.2, 0.25) is 0 Å². The SMILES string of the molecule is COC(=O)[C@]1(C)[C@@H](c2ccccc2)N1C(=O)OC(C)(C)C. The number of hydrogen-bond donors (Lipinski definition) is 0. The molecule has 0 radical (unpaired) electrons. The molecule has 1 amide bonds. The summed E-state index contributed by atoms with van der Waals surface area (Å²) in [5.74, 6) is -0.442. The third kappa shape index (κ3) is 2.73. The van der Waals surface area contributed by atoms with Crippen LogP contribution in [-0.2, 0) is 14.3 Å². The van der Waals surface area contributed by atoms with E-state index in [4.69, 9.17) is 9.47 Å². The van der Waals surface area contributed by atoms with E-state index >= 15 is 0 Å². The smallest absolute Gasteiger partial charge is 0.411 e. The summed E-state index contributed by atoms with van der Waals surface area (Å²) < 4.78 is 10.2. The van der Waals surface area contributed by atoms with Crippen LogP contribution in [0.15, 0.2) is 30.3 Å². The fraction of sp³-hybridized carbons (Fsp3) is 0.500. The van der Waals surface area contributed by atoms with Crippen LogP contribution in [0.25, 0.3) is 0 Å². The first-order chi connectivity index (χ1) is 9.71. The molecule has 114 valence electrons. The number of nitrogens with zero attached hydrogens (tertiary/aromatic N) is 1. The summed E-state index contributed by atoms with van der Waals surface area (Å²) in [5.41, 5.74) is -0.743. The lowest BCUT2D eigenvalue weighted by molar-refractivity contribution is -0.144.